The summed E-state index contributed by atoms with van der Waals surface area (Å²) in [5, 5.41) is 6.10. The second-order valence-electron chi connectivity index (χ2n) is 4.54. The highest BCUT2D eigenvalue weighted by Gasteiger charge is 2.14. The van der Waals surface area contributed by atoms with Crippen molar-refractivity contribution in [3.63, 3.8) is 0 Å². The van der Waals surface area contributed by atoms with Gasteiger partial charge in [-0.1, -0.05) is 11.6 Å². The number of fused-ring (bicyclic) bond motifs is 1. The zero-order chi connectivity index (χ0) is 15.0. The first-order valence-corrected chi connectivity index (χ1v) is 8.49. The SMILES string of the molecule is Cc1cc(Cl)c(NC(=O)c2csc(I)c2)c2cccnc12. The minimum absolute atomic E-state index is 0.162. The topological polar surface area (TPSA) is 42.0 Å². The molecule has 0 aliphatic rings. The third-order valence-electron chi connectivity index (χ3n) is 3.10. The van der Waals surface area contributed by atoms with Crippen molar-refractivity contribution in [3.05, 3.63) is 54.9 Å². The number of anilines is 1. The van der Waals surface area contributed by atoms with Gasteiger partial charge in [0.05, 0.1) is 24.7 Å². The fourth-order valence-corrected chi connectivity index (χ4v) is 3.76. The quantitative estimate of drug-likeness (QED) is 0.576. The lowest BCUT2D eigenvalue weighted by Crippen LogP contribution is -2.12. The van der Waals surface area contributed by atoms with E-state index in [9.17, 15) is 4.79 Å². The summed E-state index contributed by atoms with van der Waals surface area (Å²) in [5.74, 6) is -0.162. The van der Waals surface area contributed by atoms with E-state index in [1.54, 1.807) is 6.20 Å². The van der Waals surface area contributed by atoms with Crippen LogP contribution < -0.4 is 5.32 Å². The number of carbonyl (C=O) groups is 1. The Labute approximate surface area is 144 Å². The maximum absolute atomic E-state index is 12.3. The maximum atomic E-state index is 12.3. The molecule has 0 spiro atoms. The lowest BCUT2D eigenvalue weighted by molar-refractivity contribution is 0.102. The standard InChI is InChI=1S/C15H10ClIN2OS/c1-8-5-11(16)14(10-3-2-4-18-13(8)10)19-15(20)9-6-12(17)21-7-9/h2-7H,1H3,(H,19,20). The van der Waals surface area contributed by atoms with Gasteiger partial charge in [0, 0.05) is 17.0 Å². The van der Waals surface area contributed by atoms with Crippen molar-refractivity contribution >= 4 is 68.0 Å². The average molecular weight is 429 g/mol. The van der Waals surface area contributed by atoms with Crippen LogP contribution in [0.4, 0.5) is 5.69 Å². The number of pyridine rings is 1. The van der Waals surface area contributed by atoms with E-state index >= 15 is 0 Å². The third kappa shape index (κ3) is 2.90. The Morgan fingerprint density at radius 2 is 2.24 bits per heavy atom. The molecule has 1 amide bonds. The molecule has 106 valence electrons. The molecule has 0 saturated carbocycles. The van der Waals surface area contributed by atoms with Crippen molar-refractivity contribution in [2.45, 2.75) is 6.92 Å². The van der Waals surface area contributed by atoms with Crippen molar-refractivity contribution in [3.8, 4) is 0 Å². The number of halogens is 2. The van der Waals surface area contributed by atoms with E-state index in [-0.39, 0.29) is 5.91 Å². The summed E-state index contributed by atoms with van der Waals surface area (Å²) in [6, 6.07) is 7.42. The summed E-state index contributed by atoms with van der Waals surface area (Å²) in [6.07, 6.45) is 1.73. The molecule has 0 atom stereocenters. The molecule has 0 bridgehead atoms. The first-order chi connectivity index (χ1) is 10.1. The fourth-order valence-electron chi connectivity index (χ4n) is 2.12. The van der Waals surface area contributed by atoms with E-state index in [4.69, 9.17) is 11.6 Å². The Hall–Kier alpha value is -1.18. The summed E-state index contributed by atoms with van der Waals surface area (Å²) in [7, 11) is 0. The van der Waals surface area contributed by atoms with Gasteiger partial charge < -0.3 is 5.32 Å². The minimum atomic E-state index is -0.162. The van der Waals surface area contributed by atoms with Crippen LogP contribution in [0.25, 0.3) is 10.9 Å². The molecule has 0 aliphatic carbocycles. The van der Waals surface area contributed by atoms with Gasteiger partial charge in [0.15, 0.2) is 0 Å². The Kier molecular flexibility index (Phi) is 4.14. The van der Waals surface area contributed by atoms with E-state index in [2.05, 4.69) is 32.9 Å². The number of benzene rings is 1. The van der Waals surface area contributed by atoms with Gasteiger partial charge in [-0.05, 0) is 59.3 Å². The van der Waals surface area contributed by atoms with Crippen LogP contribution >= 0.6 is 45.5 Å². The number of nitrogens with one attached hydrogen (secondary N) is 1. The molecule has 1 aromatic carbocycles. The van der Waals surface area contributed by atoms with Crippen molar-refractivity contribution in [1.29, 1.82) is 0 Å². The summed E-state index contributed by atoms with van der Waals surface area (Å²) in [5.41, 5.74) is 3.07. The van der Waals surface area contributed by atoms with Crippen molar-refractivity contribution < 1.29 is 4.79 Å². The zero-order valence-corrected chi connectivity index (χ0v) is 14.7. The van der Waals surface area contributed by atoms with Crippen molar-refractivity contribution in [1.82, 2.24) is 4.98 Å². The smallest absolute Gasteiger partial charge is 0.256 e. The highest BCUT2D eigenvalue weighted by molar-refractivity contribution is 14.1. The molecular weight excluding hydrogens is 419 g/mol. The summed E-state index contributed by atoms with van der Waals surface area (Å²) >= 11 is 10.0. The van der Waals surface area contributed by atoms with E-state index in [1.165, 1.54) is 11.3 Å². The predicted octanol–water partition coefficient (Wildman–Crippen LogP) is 5.12. The van der Waals surface area contributed by atoms with E-state index in [0.29, 0.717) is 16.3 Å². The lowest BCUT2D eigenvalue weighted by Gasteiger charge is -2.11. The number of hydrogen-bond donors (Lipinski definition) is 1. The van der Waals surface area contributed by atoms with Crippen LogP contribution in [0, 0.1) is 9.81 Å². The average Bonchev–Trinajstić information content (AvgIpc) is 2.90. The molecule has 3 rings (SSSR count). The van der Waals surface area contributed by atoms with Crippen molar-refractivity contribution in [2.75, 3.05) is 5.32 Å². The minimum Gasteiger partial charge on any atom is -0.320 e. The van der Waals surface area contributed by atoms with Crippen LogP contribution in [0.15, 0.2) is 35.8 Å². The Morgan fingerprint density at radius 3 is 2.95 bits per heavy atom. The van der Waals surface area contributed by atoms with Crippen LogP contribution in [0.3, 0.4) is 0 Å². The van der Waals surface area contributed by atoms with Gasteiger partial charge in [0.2, 0.25) is 0 Å². The van der Waals surface area contributed by atoms with Crippen LogP contribution in [0.2, 0.25) is 5.02 Å². The van der Waals surface area contributed by atoms with Gasteiger partial charge in [0.1, 0.15) is 0 Å². The number of amides is 1. The Balaban J connectivity index is 2.06. The number of hydrogen-bond acceptors (Lipinski definition) is 3. The van der Waals surface area contributed by atoms with Gasteiger partial charge in [0.25, 0.3) is 5.91 Å². The van der Waals surface area contributed by atoms with Gasteiger partial charge in [-0.15, -0.1) is 11.3 Å². The van der Waals surface area contributed by atoms with Crippen LogP contribution in [-0.4, -0.2) is 10.9 Å². The molecule has 2 aromatic heterocycles. The van der Waals surface area contributed by atoms with Gasteiger partial charge in [-0.25, -0.2) is 0 Å². The number of aryl methyl sites for hydroxylation is 1. The number of rotatable bonds is 2. The van der Waals surface area contributed by atoms with E-state index in [1.807, 2.05) is 36.6 Å². The molecule has 6 heteroatoms. The first-order valence-electron chi connectivity index (χ1n) is 6.15. The normalized spacial score (nSPS) is 10.8. The molecule has 1 N–H and O–H groups in total. The molecule has 0 fully saturated rings. The molecular formula is C15H10ClIN2OS. The predicted molar refractivity (Wildman–Crippen MR) is 96.5 cm³/mol. The van der Waals surface area contributed by atoms with Crippen LogP contribution in [-0.2, 0) is 0 Å². The molecule has 0 radical (unpaired) electrons. The highest BCUT2D eigenvalue weighted by atomic mass is 127. The van der Waals surface area contributed by atoms with Gasteiger partial charge in [-0.3, -0.25) is 9.78 Å². The Bertz CT molecular complexity index is 847. The van der Waals surface area contributed by atoms with Gasteiger partial charge in [-0.2, -0.15) is 0 Å². The monoisotopic (exact) mass is 428 g/mol. The largest absolute Gasteiger partial charge is 0.320 e. The van der Waals surface area contributed by atoms with E-state index < -0.39 is 0 Å². The van der Waals surface area contributed by atoms with Crippen molar-refractivity contribution in [2.24, 2.45) is 0 Å². The van der Waals surface area contributed by atoms with Gasteiger partial charge >= 0.3 is 0 Å². The molecule has 0 saturated heterocycles. The van der Waals surface area contributed by atoms with E-state index in [0.717, 1.165) is 19.4 Å². The van der Waals surface area contributed by atoms with Crippen LogP contribution in [0.1, 0.15) is 15.9 Å². The lowest BCUT2D eigenvalue weighted by atomic mass is 10.1. The molecule has 3 aromatic rings. The number of carbonyl (C=O) groups excluding carboxylic acids is 1. The zero-order valence-electron chi connectivity index (χ0n) is 11.0. The number of nitrogens with zero attached hydrogens (tertiary/aromatic N) is 1. The second-order valence-corrected chi connectivity index (χ2v) is 7.76. The van der Waals surface area contributed by atoms with Crippen LogP contribution in [0.5, 0.6) is 0 Å². The molecule has 21 heavy (non-hydrogen) atoms. The molecule has 0 aliphatic heterocycles. The summed E-state index contributed by atoms with van der Waals surface area (Å²) in [4.78, 5) is 16.7. The number of aromatic nitrogens is 1. The number of thiophene rings is 1. The summed E-state index contributed by atoms with van der Waals surface area (Å²) < 4.78 is 1.07. The molecule has 2 heterocycles. The molecule has 3 nitrogen and oxygen atoms in total. The molecule has 0 unspecified atom stereocenters. The third-order valence-corrected chi connectivity index (χ3v) is 5.19. The second kappa shape index (κ2) is 5.90. The summed E-state index contributed by atoms with van der Waals surface area (Å²) in [6.45, 7) is 1.95. The first kappa shape index (κ1) is 14.7. The Morgan fingerprint density at radius 1 is 1.43 bits per heavy atom. The fraction of sp³-hybridized carbons (Fsp3) is 0.0667. The highest BCUT2D eigenvalue weighted by Crippen LogP contribution is 2.33. The maximum Gasteiger partial charge on any atom is 0.256 e.